The molecule has 0 saturated carbocycles. The topological polar surface area (TPSA) is 56.0 Å². The van der Waals surface area contributed by atoms with E-state index in [1.807, 2.05) is 0 Å². The second-order valence-electron chi connectivity index (χ2n) is 1.98. The summed E-state index contributed by atoms with van der Waals surface area (Å²) in [5, 5.41) is 10.0. The summed E-state index contributed by atoms with van der Waals surface area (Å²) in [4.78, 5) is 13.5. The fourth-order valence-electron chi connectivity index (χ4n) is 0.649. The zero-order chi connectivity index (χ0) is 8.27. The standard InChI is InChI=1S/C6H5BrN2O2/c7-6-2-1-5(3-8-6)4-9(10)11/h1-3H,4H2. The van der Waals surface area contributed by atoms with Crippen LogP contribution < -0.4 is 0 Å². The molecule has 0 spiro atoms. The minimum absolute atomic E-state index is 0.166. The zero-order valence-electron chi connectivity index (χ0n) is 5.53. The maximum atomic E-state index is 10.0. The zero-order valence-corrected chi connectivity index (χ0v) is 7.11. The lowest BCUT2D eigenvalue weighted by Gasteiger charge is -1.92. The molecule has 0 aliphatic carbocycles. The first-order valence-electron chi connectivity index (χ1n) is 2.91. The van der Waals surface area contributed by atoms with E-state index in [0.29, 0.717) is 10.2 Å². The van der Waals surface area contributed by atoms with Gasteiger partial charge in [-0.25, -0.2) is 4.98 Å². The second-order valence-corrected chi connectivity index (χ2v) is 2.79. The van der Waals surface area contributed by atoms with Gasteiger partial charge in [-0.15, -0.1) is 0 Å². The largest absolute Gasteiger partial charge is 0.264 e. The normalized spacial score (nSPS) is 9.55. The molecule has 1 heterocycles. The number of rotatable bonds is 2. The van der Waals surface area contributed by atoms with E-state index in [1.165, 1.54) is 6.20 Å². The highest BCUT2D eigenvalue weighted by atomic mass is 79.9. The highest BCUT2D eigenvalue weighted by Gasteiger charge is 2.00. The third-order valence-electron chi connectivity index (χ3n) is 1.10. The fraction of sp³-hybridized carbons (Fsp3) is 0.167. The fourth-order valence-corrected chi connectivity index (χ4v) is 0.884. The van der Waals surface area contributed by atoms with Crippen LogP contribution in [0.15, 0.2) is 22.9 Å². The van der Waals surface area contributed by atoms with Crippen molar-refractivity contribution in [2.24, 2.45) is 0 Å². The third kappa shape index (κ3) is 2.63. The Labute approximate surface area is 71.5 Å². The van der Waals surface area contributed by atoms with Crippen LogP contribution in [0.4, 0.5) is 0 Å². The Bertz CT molecular complexity index is 260. The lowest BCUT2D eigenvalue weighted by atomic mass is 10.3. The summed E-state index contributed by atoms with van der Waals surface area (Å²) in [5.41, 5.74) is 0.609. The molecule has 58 valence electrons. The van der Waals surface area contributed by atoms with Crippen molar-refractivity contribution in [2.45, 2.75) is 6.54 Å². The van der Waals surface area contributed by atoms with Crippen LogP contribution in [0.5, 0.6) is 0 Å². The molecule has 0 saturated heterocycles. The number of pyridine rings is 1. The van der Waals surface area contributed by atoms with Gasteiger partial charge in [0.2, 0.25) is 6.54 Å². The van der Waals surface area contributed by atoms with Crippen LogP contribution in [0, 0.1) is 10.1 Å². The van der Waals surface area contributed by atoms with Gasteiger partial charge < -0.3 is 0 Å². The Hall–Kier alpha value is -0.970. The summed E-state index contributed by atoms with van der Waals surface area (Å²) in [6, 6.07) is 3.35. The van der Waals surface area contributed by atoms with Gasteiger partial charge in [-0.3, -0.25) is 10.1 Å². The molecule has 0 aromatic carbocycles. The van der Waals surface area contributed by atoms with Crippen LogP contribution in [0.2, 0.25) is 0 Å². The molecule has 1 aromatic rings. The summed E-state index contributed by atoms with van der Waals surface area (Å²) < 4.78 is 0.685. The van der Waals surface area contributed by atoms with Crippen molar-refractivity contribution in [3.8, 4) is 0 Å². The Morgan fingerprint density at radius 3 is 2.82 bits per heavy atom. The summed E-state index contributed by atoms with van der Waals surface area (Å²) in [6.07, 6.45) is 1.48. The summed E-state index contributed by atoms with van der Waals surface area (Å²) in [5.74, 6) is 0. The number of aromatic nitrogens is 1. The molecule has 0 aliphatic heterocycles. The monoisotopic (exact) mass is 216 g/mol. The number of hydrogen-bond donors (Lipinski definition) is 0. The van der Waals surface area contributed by atoms with E-state index < -0.39 is 0 Å². The van der Waals surface area contributed by atoms with E-state index in [-0.39, 0.29) is 11.5 Å². The Kier molecular flexibility index (Phi) is 2.53. The van der Waals surface area contributed by atoms with E-state index in [1.54, 1.807) is 12.1 Å². The van der Waals surface area contributed by atoms with Gasteiger partial charge in [0.1, 0.15) is 4.60 Å². The van der Waals surface area contributed by atoms with Gasteiger partial charge >= 0.3 is 0 Å². The van der Waals surface area contributed by atoms with Crippen molar-refractivity contribution in [1.29, 1.82) is 0 Å². The van der Waals surface area contributed by atoms with Gasteiger partial charge in [-0.05, 0) is 28.1 Å². The first kappa shape index (κ1) is 8.13. The maximum absolute atomic E-state index is 10.0. The first-order chi connectivity index (χ1) is 5.18. The SMILES string of the molecule is O=[N+]([O-])Cc1ccc(Br)nc1. The molecule has 0 atom stereocenters. The van der Waals surface area contributed by atoms with Crippen LogP contribution in [0.3, 0.4) is 0 Å². The van der Waals surface area contributed by atoms with Crippen LogP contribution >= 0.6 is 15.9 Å². The summed E-state index contributed by atoms with van der Waals surface area (Å²) >= 11 is 3.13. The lowest BCUT2D eigenvalue weighted by Crippen LogP contribution is -1.98. The minimum atomic E-state index is -0.384. The lowest BCUT2D eigenvalue weighted by molar-refractivity contribution is -0.496. The molecule has 0 amide bonds. The molecule has 1 rings (SSSR count). The van der Waals surface area contributed by atoms with Gasteiger partial charge in [0.05, 0.1) is 0 Å². The number of nitro groups is 1. The van der Waals surface area contributed by atoms with Crippen molar-refractivity contribution in [1.82, 2.24) is 4.98 Å². The molecule has 0 N–H and O–H groups in total. The molecule has 4 nitrogen and oxygen atoms in total. The first-order valence-corrected chi connectivity index (χ1v) is 3.70. The van der Waals surface area contributed by atoms with E-state index in [9.17, 15) is 10.1 Å². The molecule has 1 aromatic heterocycles. The average Bonchev–Trinajstić information content (AvgIpc) is 1.93. The van der Waals surface area contributed by atoms with E-state index >= 15 is 0 Å². The van der Waals surface area contributed by atoms with Crippen LogP contribution in [0.25, 0.3) is 0 Å². The number of halogens is 1. The average molecular weight is 217 g/mol. The third-order valence-corrected chi connectivity index (χ3v) is 1.57. The quantitative estimate of drug-likeness (QED) is 0.429. The highest BCUT2D eigenvalue weighted by Crippen LogP contribution is 2.06. The minimum Gasteiger partial charge on any atom is -0.264 e. The number of nitrogens with zero attached hydrogens (tertiary/aromatic N) is 2. The summed E-state index contributed by atoms with van der Waals surface area (Å²) in [6.45, 7) is -0.166. The maximum Gasteiger partial charge on any atom is 0.230 e. The Morgan fingerprint density at radius 2 is 2.36 bits per heavy atom. The van der Waals surface area contributed by atoms with Crippen molar-refractivity contribution < 1.29 is 4.92 Å². The molecular weight excluding hydrogens is 212 g/mol. The van der Waals surface area contributed by atoms with Gasteiger partial charge in [0.15, 0.2) is 0 Å². The van der Waals surface area contributed by atoms with Crippen molar-refractivity contribution in [3.63, 3.8) is 0 Å². The second kappa shape index (κ2) is 3.43. The molecule has 0 fully saturated rings. The molecule has 0 bridgehead atoms. The van der Waals surface area contributed by atoms with Gasteiger partial charge in [-0.2, -0.15) is 0 Å². The molecule has 5 heteroatoms. The predicted octanol–water partition coefficient (Wildman–Crippen LogP) is 1.62. The molecule has 0 unspecified atom stereocenters. The Balaban J connectivity index is 2.74. The van der Waals surface area contributed by atoms with E-state index in [4.69, 9.17) is 0 Å². The number of hydrogen-bond acceptors (Lipinski definition) is 3. The van der Waals surface area contributed by atoms with Crippen molar-refractivity contribution in [3.05, 3.63) is 38.6 Å². The highest BCUT2D eigenvalue weighted by molar-refractivity contribution is 9.10. The van der Waals surface area contributed by atoms with E-state index in [0.717, 1.165) is 0 Å². The van der Waals surface area contributed by atoms with Crippen LogP contribution in [0.1, 0.15) is 5.56 Å². The van der Waals surface area contributed by atoms with E-state index in [2.05, 4.69) is 20.9 Å². The van der Waals surface area contributed by atoms with Crippen LogP contribution in [-0.4, -0.2) is 9.91 Å². The summed E-state index contributed by atoms with van der Waals surface area (Å²) in [7, 11) is 0. The molecule has 0 radical (unpaired) electrons. The Morgan fingerprint density at radius 1 is 1.64 bits per heavy atom. The van der Waals surface area contributed by atoms with Gasteiger partial charge in [-0.1, -0.05) is 0 Å². The van der Waals surface area contributed by atoms with Crippen molar-refractivity contribution in [2.75, 3.05) is 0 Å². The van der Waals surface area contributed by atoms with Crippen molar-refractivity contribution >= 4 is 15.9 Å². The van der Waals surface area contributed by atoms with Gasteiger partial charge in [0, 0.05) is 16.7 Å². The van der Waals surface area contributed by atoms with Crippen LogP contribution in [-0.2, 0) is 6.54 Å². The predicted molar refractivity (Wildman–Crippen MR) is 42.6 cm³/mol. The molecule has 11 heavy (non-hydrogen) atoms. The smallest absolute Gasteiger partial charge is 0.230 e. The molecule has 0 aliphatic rings. The molecular formula is C6H5BrN2O2. The van der Waals surface area contributed by atoms with Gasteiger partial charge in [0.25, 0.3) is 0 Å².